The van der Waals surface area contributed by atoms with Gasteiger partial charge >= 0.3 is 0 Å². The fraction of sp³-hybridized carbons (Fsp3) is 0.185. The molecule has 0 unspecified atom stereocenters. The third-order valence-corrected chi connectivity index (χ3v) is 5.35. The molecule has 0 aromatic heterocycles. The molecule has 5 nitrogen and oxygen atoms in total. The molecule has 1 aliphatic heterocycles. The summed E-state index contributed by atoms with van der Waals surface area (Å²) in [7, 11) is 0. The van der Waals surface area contributed by atoms with Crippen LogP contribution in [0.4, 0.5) is 11.4 Å². The Morgan fingerprint density at radius 3 is 2.12 bits per heavy atom. The number of hydrogen-bond donors (Lipinski definition) is 1. The Kier molecular flexibility index (Phi) is 6.36. The van der Waals surface area contributed by atoms with Gasteiger partial charge in [0.25, 0.3) is 11.8 Å². The molecule has 3 aromatic rings. The molecule has 0 radical (unpaired) electrons. The second-order valence-corrected chi connectivity index (χ2v) is 7.58. The minimum absolute atomic E-state index is 0.269. The van der Waals surface area contributed by atoms with Gasteiger partial charge in [-0.25, -0.2) is 4.90 Å². The normalized spacial score (nSPS) is 13.6. The van der Waals surface area contributed by atoms with Crippen molar-refractivity contribution in [1.82, 2.24) is 0 Å². The molecule has 0 saturated heterocycles. The first-order chi connectivity index (χ1) is 15.6. The van der Waals surface area contributed by atoms with Gasteiger partial charge in [0.1, 0.15) is 11.4 Å². The predicted molar refractivity (Wildman–Crippen MR) is 128 cm³/mol. The average Bonchev–Trinajstić information content (AvgIpc) is 3.08. The van der Waals surface area contributed by atoms with E-state index in [2.05, 4.69) is 12.2 Å². The van der Waals surface area contributed by atoms with Gasteiger partial charge in [-0.3, -0.25) is 9.59 Å². The van der Waals surface area contributed by atoms with Crippen molar-refractivity contribution >= 4 is 28.8 Å². The van der Waals surface area contributed by atoms with E-state index < -0.39 is 0 Å². The van der Waals surface area contributed by atoms with Gasteiger partial charge in [-0.15, -0.1) is 0 Å². The van der Waals surface area contributed by atoms with Gasteiger partial charge in [0, 0.05) is 5.69 Å². The van der Waals surface area contributed by atoms with E-state index >= 15 is 0 Å². The molecular formula is C27H26N2O3. The minimum Gasteiger partial charge on any atom is -0.494 e. The first kappa shape index (κ1) is 21.4. The second-order valence-electron chi connectivity index (χ2n) is 7.58. The Balaban J connectivity index is 1.73. The number of hydrogen-bond acceptors (Lipinski definition) is 4. The largest absolute Gasteiger partial charge is 0.494 e. The highest BCUT2D eigenvalue weighted by molar-refractivity contribution is 6.46. The van der Waals surface area contributed by atoms with E-state index in [1.807, 2.05) is 73.7 Å². The molecule has 32 heavy (non-hydrogen) atoms. The first-order valence-electron chi connectivity index (χ1n) is 10.9. The zero-order valence-corrected chi connectivity index (χ0v) is 18.3. The SMILES string of the molecule is CCCOc1ccc(C2=C(Nc3ccc(CC)cc3)C(=O)N(c3ccccc3)C2=O)cc1. The van der Waals surface area contributed by atoms with Crippen molar-refractivity contribution in [2.45, 2.75) is 26.7 Å². The van der Waals surface area contributed by atoms with E-state index in [1.54, 1.807) is 12.1 Å². The Bertz CT molecular complexity index is 1130. The Morgan fingerprint density at radius 2 is 1.50 bits per heavy atom. The molecule has 2 amide bonds. The lowest BCUT2D eigenvalue weighted by atomic mass is 10.0. The topological polar surface area (TPSA) is 58.6 Å². The molecule has 4 rings (SSSR count). The number of carbonyl (C=O) groups is 2. The van der Waals surface area contributed by atoms with E-state index in [0.717, 1.165) is 24.3 Å². The molecule has 5 heteroatoms. The molecule has 0 aliphatic carbocycles. The highest BCUT2D eigenvalue weighted by Gasteiger charge is 2.40. The van der Waals surface area contributed by atoms with Crippen molar-refractivity contribution in [2.24, 2.45) is 0 Å². The number of imide groups is 1. The Hall–Kier alpha value is -3.86. The fourth-order valence-corrected chi connectivity index (χ4v) is 3.63. The molecule has 0 atom stereocenters. The molecule has 1 aliphatic rings. The number of amides is 2. The predicted octanol–water partition coefficient (Wildman–Crippen LogP) is 5.43. The van der Waals surface area contributed by atoms with Crippen molar-refractivity contribution in [3.63, 3.8) is 0 Å². The monoisotopic (exact) mass is 426 g/mol. The molecule has 162 valence electrons. The number of anilines is 2. The molecule has 0 spiro atoms. The number of rotatable bonds is 8. The number of para-hydroxylation sites is 1. The Morgan fingerprint density at radius 1 is 0.812 bits per heavy atom. The minimum atomic E-state index is -0.373. The maximum absolute atomic E-state index is 13.5. The quantitative estimate of drug-likeness (QED) is 0.488. The Labute approximate surface area is 188 Å². The van der Waals surface area contributed by atoms with Gasteiger partial charge in [-0.1, -0.05) is 56.3 Å². The van der Waals surface area contributed by atoms with E-state index in [-0.39, 0.29) is 17.5 Å². The third kappa shape index (κ3) is 4.28. The van der Waals surface area contributed by atoms with Crippen molar-refractivity contribution in [1.29, 1.82) is 0 Å². The zero-order valence-electron chi connectivity index (χ0n) is 18.3. The number of ether oxygens (including phenoxy) is 1. The molecule has 1 heterocycles. The lowest BCUT2D eigenvalue weighted by Gasteiger charge is -2.15. The van der Waals surface area contributed by atoms with Gasteiger partial charge < -0.3 is 10.1 Å². The van der Waals surface area contributed by atoms with Gasteiger partial charge in [0.05, 0.1) is 17.9 Å². The van der Waals surface area contributed by atoms with E-state index in [4.69, 9.17) is 4.74 Å². The summed E-state index contributed by atoms with van der Waals surface area (Å²) in [5.41, 5.74) is 3.78. The summed E-state index contributed by atoms with van der Waals surface area (Å²) in [6.45, 7) is 4.76. The van der Waals surface area contributed by atoms with E-state index in [1.165, 1.54) is 10.5 Å². The maximum Gasteiger partial charge on any atom is 0.282 e. The molecule has 0 saturated carbocycles. The van der Waals surface area contributed by atoms with Crippen LogP contribution in [0.2, 0.25) is 0 Å². The summed E-state index contributed by atoms with van der Waals surface area (Å²) >= 11 is 0. The van der Waals surface area contributed by atoms with Crippen LogP contribution >= 0.6 is 0 Å². The summed E-state index contributed by atoms with van der Waals surface area (Å²) < 4.78 is 5.66. The van der Waals surface area contributed by atoms with Crippen molar-refractivity contribution < 1.29 is 14.3 Å². The highest BCUT2D eigenvalue weighted by Crippen LogP contribution is 2.34. The number of nitrogens with zero attached hydrogens (tertiary/aromatic N) is 1. The van der Waals surface area contributed by atoms with Crippen LogP contribution in [0.25, 0.3) is 5.57 Å². The van der Waals surface area contributed by atoms with Crippen LogP contribution in [0.5, 0.6) is 5.75 Å². The van der Waals surface area contributed by atoms with Crippen LogP contribution in [-0.4, -0.2) is 18.4 Å². The van der Waals surface area contributed by atoms with Crippen LogP contribution in [0.3, 0.4) is 0 Å². The molecule has 1 N–H and O–H groups in total. The fourth-order valence-electron chi connectivity index (χ4n) is 3.63. The number of carbonyl (C=O) groups excluding carboxylic acids is 2. The molecule has 0 fully saturated rings. The van der Waals surface area contributed by atoms with E-state index in [9.17, 15) is 9.59 Å². The summed E-state index contributed by atoms with van der Waals surface area (Å²) in [4.78, 5) is 28.1. The molecular weight excluding hydrogens is 400 g/mol. The number of aryl methyl sites for hydroxylation is 1. The molecule has 3 aromatic carbocycles. The van der Waals surface area contributed by atoms with Crippen LogP contribution in [0.15, 0.2) is 84.6 Å². The first-order valence-corrected chi connectivity index (χ1v) is 10.9. The summed E-state index contributed by atoms with van der Waals surface area (Å²) in [5, 5.41) is 3.21. The van der Waals surface area contributed by atoms with Crippen molar-refractivity contribution in [2.75, 3.05) is 16.8 Å². The lowest BCUT2D eigenvalue weighted by Crippen LogP contribution is -2.32. The third-order valence-electron chi connectivity index (χ3n) is 5.35. The van der Waals surface area contributed by atoms with Gasteiger partial charge in [-0.2, -0.15) is 0 Å². The van der Waals surface area contributed by atoms with Crippen LogP contribution in [-0.2, 0) is 16.0 Å². The van der Waals surface area contributed by atoms with Gasteiger partial charge in [-0.05, 0) is 60.4 Å². The van der Waals surface area contributed by atoms with Crippen LogP contribution in [0.1, 0.15) is 31.4 Å². The van der Waals surface area contributed by atoms with Crippen molar-refractivity contribution in [3.8, 4) is 5.75 Å². The summed E-state index contributed by atoms with van der Waals surface area (Å²) in [6.07, 6.45) is 1.84. The second kappa shape index (κ2) is 9.52. The highest BCUT2D eigenvalue weighted by atomic mass is 16.5. The summed E-state index contributed by atoms with van der Waals surface area (Å²) in [5.74, 6) is 0.00994. The van der Waals surface area contributed by atoms with Gasteiger partial charge in [0.15, 0.2) is 0 Å². The van der Waals surface area contributed by atoms with E-state index in [0.29, 0.717) is 23.4 Å². The summed E-state index contributed by atoms with van der Waals surface area (Å²) in [6, 6.07) is 24.2. The lowest BCUT2D eigenvalue weighted by molar-refractivity contribution is -0.120. The average molecular weight is 427 g/mol. The number of nitrogens with one attached hydrogen (secondary N) is 1. The zero-order chi connectivity index (χ0) is 22.5. The standard InChI is InChI=1S/C27H26N2O3/c1-3-18-32-23-16-12-20(13-17-23)24-25(28-21-14-10-19(4-2)11-15-21)27(31)29(26(24)30)22-8-6-5-7-9-22/h5-17,28H,3-4,18H2,1-2H3. The van der Waals surface area contributed by atoms with Crippen LogP contribution < -0.4 is 15.0 Å². The number of benzene rings is 3. The smallest absolute Gasteiger partial charge is 0.282 e. The van der Waals surface area contributed by atoms with Crippen molar-refractivity contribution in [3.05, 3.63) is 95.7 Å². The van der Waals surface area contributed by atoms with Crippen LogP contribution in [0, 0.1) is 0 Å². The van der Waals surface area contributed by atoms with Gasteiger partial charge in [0.2, 0.25) is 0 Å². The maximum atomic E-state index is 13.5. The molecule has 0 bridgehead atoms.